The number of anilines is 1. The fourth-order valence-electron chi connectivity index (χ4n) is 2.18. The maximum absolute atomic E-state index is 12.1. The second kappa shape index (κ2) is 6.49. The fourth-order valence-corrected chi connectivity index (χ4v) is 2.18. The van der Waals surface area contributed by atoms with Crippen molar-refractivity contribution in [3.63, 3.8) is 0 Å². The smallest absolute Gasteiger partial charge is 0.251 e. The fraction of sp³-hybridized carbons (Fsp3) is 0.538. The first-order chi connectivity index (χ1) is 9.19. The topological polar surface area (TPSA) is 89.3 Å². The van der Waals surface area contributed by atoms with E-state index in [0.29, 0.717) is 23.8 Å². The van der Waals surface area contributed by atoms with E-state index in [1.54, 1.807) is 12.1 Å². The van der Waals surface area contributed by atoms with Gasteiger partial charge in [0.25, 0.3) is 5.91 Å². The number of nitrogen functional groups attached to an aromatic ring is 1. The minimum absolute atomic E-state index is 0.104. The maximum Gasteiger partial charge on any atom is 0.251 e. The monoisotopic (exact) mass is 264 g/mol. The molecule has 1 amide bonds. The minimum Gasteiger partial charge on any atom is -0.381 e. The summed E-state index contributed by atoms with van der Waals surface area (Å²) in [5.74, 6) is 6.12. The molecule has 104 valence electrons. The lowest BCUT2D eigenvalue weighted by Gasteiger charge is -2.22. The summed E-state index contributed by atoms with van der Waals surface area (Å²) in [7, 11) is 0. The first kappa shape index (κ1) is 13.8. The van der Waals surface area contributed by atoms with Crippen molar-refractivity contribution in [1.29, 1.82) is 0 Å². The molecule has 1 aromatic heterocycles. The molecule has 19 heavy (non-hydrogen) atoms. The summed E-state index contributed by atoms with van der Waals surface area (Å²) >= 11 is 0. The molecule has 4 N–H and O–H groups in total. The van der Waals surface area contributed by atoms with Crippen LogP contribution < -0.4 is 16.6 Å². The van der Waals surface area contributed by atoms with Gasteiger partial charge in [0.1, 0.15) is 5.82 Å². The molecule has 1 aromatic rings. The number of hydrogen-bond acceptors (Lipinski definition) is 5. The summed E-state index contributed by atoms with van der Waals surface area (Å²) in [6, 6.07) is 3.38. The molecule has 1 fully saturated rings. The minimum atomic E-state index is -0.104. The predicted octanol–water partition coefficient (Wildman–Crippen LogP) is 0.832. The Morgan fingerprint density at radius 1 is 1.58 bits per heavy atom. The van der Waals surface area contributed by atoms with Gasteiger partial charge in [0, 0.05) is 24.4 Å². The number of aromatic nitrogens is 1. The molecule has 0 bridgehead atoms. The Hall–Kier alpha value is -1.66. The van der Waals surface area contributed by atoms with E-state index in [1.165, 1.54) is 0 Å². The summed E-state index contributed by atoms with van der Waals surface area (Å²) < 4.78 is 5.39. The Morgan fingerprint density at radius 2 is 2.42 bits per heavy atom. The molecular formula is C13H20N4O2. The van der Waals surface area contributed by atoms with E-state index in [0.717, 1.165) is 31.7 Å². The van der Waals surface area contributed by atoms with Crippen LogP contribution in [0.4, 0.5) is 5.82 Å². The number of pyridine rings is 1. The van der Waals surface area contributed by atoms with Crippen LogP contribution in [0.2, 0.25) is 0 Å². The molecule has 0 radical (unpaired) electrons. The molecule has 1 atom stereocenters. The van der Waals surface area contributed by atoms with Crippen molar-refractivity contribution >= 4 is 11.7 Å². The lowest BCUT2D eigenvalue weighted by Crippen LogP contribution is -2.33. The van der Waals surface area contributed by atoms with Crippen molar-refractivity contribution in [2.24, 2.45) is 11.8 Å². The number of nitrogens with one attached hydrogen (secondary N) is 2. The lowest BCUT2D eigenvalue weighted by atomic mass is 10.0. The number of nitrogens with zero attached hydrogens (tertiary/aromatic N) is 1. The van der Waals surface area contributed by atoms with Gasteiger partial charge in [-0.25, -0.2) is 10.8 Å². The van der Waals surface area contributed by atoms with E-state index in [2.05, 4.69) is 15.7 Å². The first-order valence-corrected chi connectivity index (χ1v) is 6.50. The zero-order valence-corrected chi connectivity index (χ0v) is 11.1. The molecule has 0 saturated carbocycles. The molecule has 1 unspecified atom stereocenters. The standard InChI is InChI=1S/C13H20N4O2/c1-9-5-11(6-12(16-9)17-14)13(18)15-7-10-3-2-4-19-8-10/h5-6,10H,2-4,7-8,14H2,1H3,(H,15,18)(H,16,17). The largest absolute Gasteiger partial charge is 0.381 e. The highest BCUT2D eigenvalue weighted by atomic mass is 16.5. The van der Waals surface area contributed by atoms with Gasteiger partial charge in [0.05, 0.1) is 6.61 Å². The van der Waals surface area contributed by atoms with Crippen LogP contribution >= 0.6 is 0 Å². The molecule has 0 spiro atoms. The zero-order valence-electron chi connectivity index (χ0n) is 11.1. The Bertz CT molecular complexity index is 444. The first-order valence-electron chi connectivity index (χ1n) is 6.50. The van der Waals surface area contributed by atoms with Gasteiger partial charge in [-0.1, -0.05) is 0 Å². The molecule has 6 nitrogen and oxygen atoms in total. The normalized spacial score (nSPS) is 18.9. The van der Waals surface area contributed by atoms with Gasteiger partial charge < -0.3 is 15.5 Å². The van der Waals surface area contributed by atoms with Gasteiger partial charge in [0.15, 0.2) is 0 Å². The Kier molecular flexibility index (Phi) is 4.70. The number of hydrazine groups is 1. The number of carbonyl (C=O) groups is 1. The third kappa shape index (κ3) is 3.90. The molecule has 1 saturated heterocycles. The highest BCUT2D eigenvalue weighted by molar-refractivity contribution is 5.94. The summed E-state index contributed by atoms with van der Waals surface area (Å²) in [6.45, 7) is 4.03. The van der Waals surface area contributed by atoms with Crippen LogP contribution in [0.1, 0.15) is 28.9 Å². The Labute approximate surface area is 112 Å². The Balaban J connectivity index is 1.93. The van der Waals surface area contributed by atoms with Crippen LogP contribution in [0.5, 0.6) is 0 Å². The molecule has 0 aliphatic carbocycles. The van der Waals surface area contributed by atoms with Gasteiger partial charge in [0.2, 0.25) is 0 Å². The van der Waals surface area contributed by atoms with E-state index in [1.807, 2.05) is 6.92 Å². The molecule has 1 aliphatic rings. The summed E-state index contributed by atoms with van der Waals surface area (Å²) in [5, 5.41) is 2.93. The zero-order chi connectivity index (χ0) is 13.7. The molecule has 6 heteroatoms. The van der Waals surface area contributed by atoms with Crippen molar-refractivity contribution in [1.82, 2.24) is 10.3 Å². The lowest BCUT2D eigenvalue weighted by molar-refractivity contribution is 0.0536. The summed E-state index contributed by atoms with van der Waals surface area (Å²) in [4.78, 5) is 16.2. The highest BCUT2D eigenvalue weighted by Crippen LogP contribution is 2.13. The molecule has 0 aromatic carbocycles. The molecule has 2 rings (SSSR count). The molecule has 1 aliphatic heterocycles. The van der Waals surface area contributed by atoms with Gasteiger partial charge in [-0.05, 0) is 37.8 Å². The van der Waals surface area contributed by atoms with E-state index in [-0.39, 0.29) is 5.91 Å². The van der Waals surface area contributed by atoms with Gasteiger partial charge in [-0.3, -0.25) is 4.79 Å². The van der Waals surface area contributed by atoms with Crippen molar-refractivity contribution < 1.29 is 9.53 Å². The average molecular weight is 264 g/mol. The van der Waals surface area contributed by atoms with E-state index >= 15 is 0 Å². The second-order valence-corrected chi connectivity index (χ2v) is 4.82. The summed E-state index contributed by atoms with van der Waals surface area (Å²) in [6.07, 6.45) is 2.17. The van der Waals surface area contributed by atoms with Crippen LogP contribution in [-0.4, -0.2) is 30.6 Å². The van der Waals surface area contributed by atoms with Crippen LogP contribution in [-0.2, 0) is 4.74 Å². The van der Waals surface area contributed by atoms with Crippen LogP contribution in [0.15, 0.2) is 12.1 Å². The number of carbonyl (C=O) groups excluding carboxylic acids is 1. The maximum atomic E-state index is 12.1. The number of amides is 1. The SMILES string of the molecule is Cc1cc(C(=O)NCC2CCCOC2)cc(NN)n1. The highest BCUT2D eigenvalue weighted by Gasteiger charge is 2.15. The average Bonchev–Trinajstić information content (AvgIpc) is 2.45. The van der Waals surface area contributed by atoms with Crippen LogP contribution in [0.3, 0.4) is 0 Å². The van der Waals surface area contributed by atoms with Gasteiger partial charge in [-0.15, -0.1) is 0 Å². The van der Waals surface area contributed by atoms with Gasteiger partial charge >= 0.3 is 0 Å². The third-order valence-electron chi connectivity index (χ3n) is 3.17. The van der Waals surface area contributed by atoms with Crippen molar-refractivity contribution in [2.45, 2.75) is 19.8 Å². The predicted molar refractivity (Wildman–Crippen MR) is 72.7 cm³/mol. The van der Waals surface area contributed by atoms with E-state index in [4.69, 9.17) is 10.6 Å². The number of hydrogen-bond donors (Lipinski definition) is 3. The number of rotatable bonds is 4. The van der Waals surface area contributed by atoms with Crippen molar-refractivity contribution in [3.8, 4) is 0 Å². The van der Waals surface area contributed by atoms with Crippen LogP contribution in [0.25, 0.3) is 0 Å². The van der Waals surface area contributed by atoms with Crippen molar-refractivity contribution in [2.75, 3.05) is 25.2 Å². The van der Waals surface area contributed by atoms with Crippen LogP contribution in [0, 0.1) is 12.8 Å². The number of nitrogens with two attached hydrogens (primary N) is 1. The third-order valence-corrected chi connectivity index (χ3v) is 3.17. The number of aryl methyl sites for hydroxylation is 1. The Morgan fingerprint density at radius 3 is 3.11 bits per heavy atom. The molecular weight excluding hydrogens is 244 g/mol. The van der Waals surface area contributed by atoms with Crippen molar-refractivity contribution in [3.05, 3.63) is 23.4 Å². The number of ether oxygens (including phenoxy) is 1. The van der Waals surface area contributed by atoms with Gasteiger partial charge in [-0.2, -0.15) is 0 Å². The van der Waals surface area contributed by atoms with E-state index < -0.39 is 0 Å². The summed E-state index contributed by atoms with van der Waals surface area (Å²) in [5.41, 5.74) is 3.78. The second-order valence-electron chi connectivity index (χ2n) is 4.82. The quantitative estimate of drug-likeness (QED) is 0.553. The molecule has 2 heterocycles. The van der Waals surface area contributed by atoms with E-state index in [9.17, 15) is 4.79 Å².